The number of hydrogen-bond acceptors (Lipinski definition) is 7. The normalized spacial score (nSPS) is 21.5. The standard InChI is InChI=1S/C18H22N2O5S3/c1-13(21)20-14-4-6-16(7-5-14)28(24,25)18-12-27(22,23)11-17(18)19-9-8-15-3-2-10-26-15/h2-7,10,17-19H,8-9,11-12H2,1H3,(H,20,21). The van der Waals surface area contributed by atoms with Crippen LogP contribution in [-0.2, 0) is 30.9 Å². The third-order valence-corrected chi connectivity index (χ3v) is 9.66. The molecule has 3 rings (SSSR count). The van der Waals surface area contributed by atoms with Crippen molar-refractivity contribution in [1.29, 1.82) is 0 Å². The third kappa shape index (κ3) is 4.99. The number of nitrogens with one attached hydrogen (secondary N) is 2. The molecule has 0 radical (unpaired) electrons. The number of carbonyl (C=O) groups excluding carboxylic acids is 1. The summed E-state index contributed by atoms with van der Waals surface area (Å²) in [6.07, 6.45) is 0.715. The van der Waals surface area contributed by atoms with E-state index in [0.29, 0.717) is 18.7 Å². The second-order valence-corrected chi connectivity index (χ2v) is 12.1. The van der Waals surface area contributed by atoms with Gasteiger partial charge in [-0.2, -0.15) is 0 Å². The van der Waals surface area contributed by atoms with Gasteiger partial charge in [0.15, 0.2) is 19.7 Å². The molecule has 2 aromatic rings. The van der Waals surface area contributed by atoms with Gasteiger partial charge in [0.1, 0.15) is 0 Å². The summed E-state index contributed by atoms with van der Waals surface area (Å²) in [6.45, 7) is 1.87. The first-order valence-corrected chi connectivity index (χ1v) is 13.0. The molecule has 28 heavy (non-hydrogen) atoms. The highest BCUT2D eigenvalue weighted by Gasteiger charge is 2.45. The van der Waals surface area contributed by atoms with Crippen LogP contribution in [0.3, 0.4) is 0 Å². The zero-order chi connectivity index (χ0) is 20.4. The first-order chi connectivity index (χ1) is 13.2. The molecule has 2 unspecified atom stereocenters. The zero-order valence-corrected chi connectivity index (χ0v) is 17.7. The number of amides is 1. The van der Waals surface area contributed by atoms with Crippen LogP contribution in [0, 0.1) is 0 Å². The lowest BCUT2D eigenvalue weighted by Gasteiger charge is -2.20. The van der Waals surface area contributed by atoms with Gasteiger partial charge in [0.25, 0.3) is 0 Å². The van der Waals surface area contributed by atoms with E-state index >= 15 is 0 Å². The summed E-state index contributed by atoms with van der Waals surface area (Å²) in [5, 5.41) is 6.64. The molecule has 2 N–H and O–H groups in total. The third-order valence-electron chi connectivity index (χ3n) is 4.56. The van der Waals surface area contributed by atoms with Crippen LogP contribution in [0.5, 0.6) is 0 Å². The van der Waals surface area contributed by atoms with Gasteiger partial charge in [0.05, 0.1) is 21.7 Å². The fraction of sp³-hybridized carbons (Fsp3) is 0.389. The molecule has 1 amide bonds. The molecule has 1 aromatic carbocycles. The van der Waals surface area contributed by atoms with Crippen LogP contribution in [0.2, 0.25) is 0 Å². The fourth-order valence-electron chi connectivity index (χ4n) is 3.25. The van der Waals surface area contributed by atoms with Gasteiger partial charge in [-0.25, -0.2) is 16.8 Å². The van der Waals surface area contributed by atoms with Crippen molar-refractivity contribution in [2.75, 3.05) is 23.4 Å². The largest absolute Gasteiger partial charge is 0.326 e. The molecule has 1 saturated heterocycles. The molecule has 152 valence electrons. The Balaban J connectivity index is 1.76. The molecule has 1 aromatic heterocycles. The van der Waals surface area contributed by atoms with Gasteiger partial charge >= 0.3 is 0 Å². The van der Waals surface area contributed by atoms with Crippen molar-refractivity contribution in [3.05, 3.63) is 46.7 Å². The van der Waals surface area contributed by atoms with Crippen LogP contribution in [0.4, 0.5) is 5.69 Å². The Hall–Kier alpha value is -1.75. The molecule has 0 saturated carbocycles. The predicted molar refractivity (Wildman–Crippen MR) is 110 cm³/mol. The molecule has 2 heterocycles. The second kappa shape index (κ2) is 8.32. The monoisotopic (exact) mass is 442 g/mol. The second-order valence-electron chi connectivity index (χ2n) is 6.76. The molecule has 0 bridgehead atoms. The van der Waals surface area contributed by atoms with E-state index < -0.39 is 31.0 Å². The number of thiophene rings is 1. The van der Waals surface area contributed by atoms with E-state index in [1.54, 1.807) is 11.3 Å². The minimum atomic E-state index is -3.84. The number of hydrogen-bond donors (Lipinski definition) is 2. The predicted octanol–water partition coefficient (Wildman–Crippen LogP) is 1.48. The van der Waals surface area contributed by atoms with Crippen LogP contribution in [0.25, 0.3) is 0 Å². The van der Waals surface area contributed by atoms with Crippen molar-refractivity contribution in [3.63, 3.8) is 0 Å². The fourth-order valence-corrected chi connectivity index (χ4v) is 8.68. The smallest absolute Gasteiger partial charge is 0.221 e. The number of rotatable bonds is 7. The van der Waals surface area contributed by atoms with Gasteiger partial charge in [0.2, 0.25) is 5.91 Å². The van der Waals surface area contributed by atoms with Gasteiger partial charge in [-0.1, -0.05) is 6.07 Å². The highest BCUT2D eigenvalue weighted by atomic mass is 32.2. The molecule has 10 heteroatoms. The Labute approximate surface area is 169 Å². The van der Waals surface area contributed by atoms with Gasteiger partial charge < -0.3 is 10.6 Å². The molecule has 0 spiro atoms. The van der Waals surface area contributed by atoms with Gasteiger partial charge in [-0.3, -0.25) is 4.79 Å². The summed E-state index contributed by atoms with van der Waals surface area (Å²) in [4.78, 5) is 12.3. The average Bonchev–Trinajstić information content (AvgIpc) is 3.22. The van der Waals surface area contributed by atoms with E-state index in [1.165, 1.54) is 31.2 Å². The van der Waals surface area contributed by atoms with Crippen LogP contribution in [0.15, 0.2) is 46.7 Å². The Morgan fingerprint density at radius 2 is 1.89 bits per heavy atom. The van der Waals surface area contributed by atoms with Crippen molar-refractivity contribution in [2.24, 2.45) is 0 Å². The van der Waals surface area contributed by atoms with E-state index in [-0.39, 0.29) is 22.3 Å². The Bertz CT molecular complexity index is 1030. The van der Waals surface area contributed by atoms with Gasteiger partial charge in [-0.15, -0.1) is 11.3 Å². The van der Waals surface area contributed by atoms with Crippen molar-refractivity contribution in [3.8, 4) is 0 Å². The lowest BCUT2D eigenvalue weighted by molar-refractivity contribution is -0.114. The highest BCUT2D eigenvalue weighted by molar-refractivity contribution is 7.96. The first kappa shape index (κ1) is 21.0. The van der Waals surface area contributed by atoms with Gasteiger partial charge in [0, 0.05) is 30.1 Å². The SMILES string of the molecule is CC(=O)Nc1ccc(S(=O)(=O)C2CS(=O)(=O)CC2NCCc2cccs2)cc1. The molecule has 1 aliphatic heterocycles. The van der Waals surface area contributed by atoms with E-state index in [1.807, 2.05) is 17.5 Å². The highest BCUT2D eigenvalue weighted by Crippen LogP contribution is 2.27. The summed E-state index contributed by atoms with van der Waals surface area (Å²) < 4.78 is 50.4. The summed E-state index contributed by atoms with van der Waals surface area (Å²) in [5.74, 6) is -0.836. The summed E-state index contributed by atoms with van der Waals surface area (Å²) in [5.41, 5.74) is 0.483. The molecular weight excluding hydrogens is 420 g/mol. The number of sulfone groups is 2. The van der Waals surface area contributed by atoms with Crippen molar-refractivity contribution in [1.82, 2.24) is 5.32 Å². The minimum Gasteiger partial charge on any atom is -0.326 e. The summed E-state index contributed by atoms with van der Waals surface area (Å²) in [7, 11) is -7.28. The maximum atomic E-state index is 13.1. The quantitative estimate of drug-likeness (QED) is 0.672. The lowest BCUT2D eigenvalue weighted by Crippen LogP contribution is -2.44. The lowest BCUT2D eigenvalue weighted by atomic mass is 10.2. The summed E-state index contributed by atoms with van der Waals surface area (Å²) >= 11 is 1.61. The van der Waals surface area contributed by atoms with Gasteiger partial charge in [-0.05, 0) is 42.1 Å². The van der Waals surface area contributed by atoms with Crippen LogP contribution in [0.1, 0.15) is 11.8 Å². The Kier molecular flexibility index (Phi) is 6.23. The molecular formula is C18H22N2O5S3. The number of benzene rings is 1. The van der Waals surface area contributed by atoms with Crippen molar-refractivity contribution >= 4 is 42.6 Å². The first-order valence-electron chi connectivity index (χ1n) is 8.75. The van der Waals surface area contributed by atoms with E-state index in [2.05, 4.69) is 10.6 Å². The van der Waals surface area contributed by atoms with E-state index in [0.717, 1.165) is 4.88 Å². The molecule has 2 atom stereocenters. The summed E-state index contributed by atoms with van der Waals surface area (Å²) in [6, 6.07) is 9.07. The molecule has 1 fully saturated rings. The van der Waals surface area contributed by atoms with Crippen LogP contribution in [-0.4, -0.2) is 52.1 Å². The van der Waals surface area contributed by atoms with Crippen molar-refractivity contribution in [2.45, 2.75) is 29.5 Å². The molecule has 1 aliphatic rings. The van der Waals surface area contributed by atoms with E-state index in [9.17, 15) is 21.6 Å². The maximum Gasteiger partial charge on any atom is 0.221 e. The van der Waals surface area contributed by atoms with Crippen LogP contribution < -0.4 is 10.6 Å². The topological polar surface area (TPSA) is 109 Å². The zero-order valence-electron chi connectivity index (χ0n) is 15.3. The maximum absolute atomic E-state index is 13.1. The average molecular weight is 443 g/mol. The molecule has 0 aliphatic carbocycles. The molecule has 7 nitrogen and oxygen atoms in total. The van der Waals surface area contributed by atoms with Crippen molar-refractivity contribution < 1.29 is 21.6 Å². The van der Waals surface area contributed by atoms with Crippen LogP contribution >= 0.6 is 11.3 Å². The minimum absolute atomic E-state index is 0.0498. The Morgan fingerprint density at radius 3 is 2.50 bits per heavy atom. The number of anilines is 1. The Morgan fingerprint density at radius 1 is 1.18 bits per heavy atom. The number of carbonyl (C=O) groups is 1. The van der Waals surface area contributed by atoms with E-state index in [4.69, 9.17) is 0 Å².